The number of halogens is 2. The molecule has 0 amide bonds. The SMILES string of the molecule is C=C(/C=C(\C)N1CCC(C)(C)CC1)N/C=C\C=C(/C(C)C)C(N)C(C)(F)F.CC.Cc1ncccc1C(=O)O. The highest BCUT2D eigenvalue weighted by Crippen LogP contribution is 2.31. The van der Waals surface area contributed by atoms with Crippen molar-refractivity contribution in [1.82, 2.24) is 15.2 Å². The van der Waals surface area contributed by atoms with Crippen LogP contribution in [0.25, 0.3) is 0 Å². The number of allylic oxidation sites excluding steroid dienone is 4. The smallest absolute Gasteiger partial charge is 0.337 e. The first-order valence-electron chi connectivity index (χ1n) is 13.6. The second kappa shape index (κ2) is 16.9. The summed E-state index contributed by atoms with van der Waals surface area (Å²) in [7, 11) is 0. The van der Waals surface area contributed by atoms with Crippen LogP contribution in [0.1, 0.15) is 84.3 Å². The number of aryl methyl sites for hydroxylation is 1. The number of hydrogen-bond acceptors (Lipinski definition) is 5. The minimum Gasteiger partial charge on any atom is -0.478 e. The van der Waals surface area contributed by atoms with E-state index < -0.39 is 17.9 Å². The van der Waals surface area contributed by atoms with Crippen LogP contribution in [0.2, 0.25) is 0 Å². The molecule has 1 aromatic heterocycles. The lowest BCUT2D eigenvalue weighted by Gasteiger charge is -2.38. The predicted molar refractivity (Wildman–Crippen MR) is 159 cm³/mol. The van der Waals surface area contributed by atoms with Gasteiger partial charge in [-0.1, -0.05) is 54.2 Å². The highest BCUT2D eigenvalue weighted by atomic mass is 19.3. The van der Waals surface area contributed by atoms with E-state index in [9.17, 15) is 13.6 Å². The lowest BCUT2D eigenvalue weighted by molar-refractivity contribution is 0.00361. The number of hydrogen-bond donors (Lipinski definition) is 3. The Labute approximate surface area is 234 Å². The van der Waals surface area contributed by atoms with Gasteiger partial charge in [0.2, 0.25) is 0 Å². The standard InChI is InChI=1S/C22H37F2N3.C7H7NO2.C2H6/c1-16(2)19(20(25)22(7,23)24)9-8-12-26-17(3)15-18(4)27-13-10-21(5,6)11-14-27;1-5-6(7(9)10)3-2-4-8-5;1-2/h8-9,12,15-16,20,26H,3,10-11,13-14,25H2,1-2,4-7H3;2-4H,1H3,(H,9,10);1-2H3/b12-8-,18-15+,19-9+;;. The molecule has 2 heterocycles. The van der Waals surface area contributed by atoms with Crippen molar-refractivity contribution in [3.05, 3.63) is 77.6 Å². The zero-order valence-corrected chi connectivity index (χ0v) is 25.3. The van der Waals surface area contributed by atoms with Gasteiger partial charge >= 0.3 is 5.97 Å². The number of carbonyl (C=O) groups is 1. The third kappa shape index (κ3) is 13.6. The van der Waals surface area contributed by atoms with Crippen molar-refractivity contribution in [3.63, 3.8) is 0 Å². The van der Waals surface area contributed by atoms with Crippen molar-refractivity contribution in [2.45, 2.75) is 87.1 Å². The first kappa shape index (κ1) is 36.0. The van der Waals surface area contributed by atoms with Gasteiger partial charge in [-0.15, -0.1) is 0 Å². The van der Waals surface area contributed by atoms with Gasteiger partial charge in [-0.05, 0) is 67.9 Å². The molecule has 1 atom stereocenters. The van der Waals surface area contributed by atoms with E-state index in [1.165, 1.54) is 24.6 Å². The van der Waals surface area contributed by atoms with E-state index in [0.29, 0.717) is 16.7 Å². The maximum Gasteiger partial charge on any atom is 0.337 e. The molecule has 0 bridgehead atoms. The molecule has 6 nitrogen and oxygen atoms in total. The van der Waals surface area contributed by atoms with E-state index in [0.717, 1.165) is 25.7 Å². The van der Waals surface area contributed by atoms with E-state index in [4.69, 9.17) is 10.8 Å². The largest absolute Gasteiger partial charge is 0.478 e. The molecule has 1 aromatic rings. The first-order chi connectivity index (χ1) is 18.0. The van der Waals surface area contributed by atoms with E-state index in [1.54, 1.807) is 37.5 Å². The summed E-state index contributed by atoms with van der Waals surface area (Å²) in [6.45, 7) is 23.1. The Morgan fingerprint density at radius 2 is 1.85 bits per heavy atom. The second-order valence-electron chi connectivity index (χ2n) is 10.7. The Bertz CT molecular complexity index is 998. The van der Waals surface area contributed by atoms with Crippen LogP contribution in [0.3, 0.4) is 0 Å². The molecule has 1 fully saturated rings. The predicted octanol–water partition coefficient (Wildman–Crippen LogP) is 7.31. The van der Waals surface area contributed by atoms with Gasteiger partial charge in [-0.2, -0.15) is 0 Å². The highest BCUT2D eigenvalue weighted by molar-refractivity contribution is 5.88. The number of aromatic nitrogens is 1. The number of piperidine rings is 1. The van der Waals surface area contributed by atoms with Crippen LogP contribution in [-0.4, -0.2) is 46.0 Å². The fourth-order valence-corrected chi connectivity index (χ4v) is 3.82. The van der Waals surface area contributed by atoms with Crippen LogP contribution in [0.15, 0.2) is 66.3 Å². The van der Waals surface area contributed by atoms with Gasteiger partial charge in [0.25, 0.3) is 5.92 Å². The van der Waals surface area contributed by atoms with E-state index in [-0.39, 0.29) is 11.5 Å². The second-order valence-corrected chi connectivity index (χ2v) is 10.7. The Morgan fingerprint density at radius 1 is 1.28 bits per heavy atom. The van der Waals surface area contributed by atoms with Crippen molar-refractivity contribution in [1.29, 1.82) is 0 Å². The molecule has 8 heteroatoms. The molecule has 0 spiro atoms. The average Bonchev–Trinajstić information content (AvgIpc) is 2.84. The fourth-order valence-electron chi connectivity index (χ4n) is 3.82. The van der Waals surface area contributed by atoms with Gasteiger partial charge in [0.1, 0.15) is 0 Å². The van der Waals surface area contributed by atoms with Crippen molar-refractivity contribution in [2.75, 3.05) is 13.1 Å². The molecule has 39 heavy (non-hydrogen) atoms. The van der Waals surface area contributed by atoms with Crippen LogP contribution in [0.5, 0.6) is 0 Å². The Balaban J connectivity index is 0.000000996. The van der Waals surface area contributed by atoms with E-state index >= 15 is 0 Å². The minimum atomic E-state index is -2.94. The van der Waals surface area contributed by atoms with Gasteiger partial charge in [-0.25, -0.2) is 13.6 Å². The maximum atomic E-state index is 13.5. The summed E-state index contributed by atoms with van der Waals surface area (Å²) in [6, 6.07) is 1.86. The summed E-state index contributed by atoms with van der Waals surface area (Å²) >= 11 is 0. The zero-order valence-electron chi connectivity index (χ0n) is 25.3. The number of nitrogens with zero attached hydrogens (tertiary/aromatic N) is 2. The molecule has 1 saturated heterocycles. The molecule has 2 rings (SSSR count). The summed E-state index contributed by atoms with van der Waals surface area (Å²) in [6.07, 6.45) is 11.0. The summed E-state index contributed by atoms with van der Waals surface area (Å²) in [5.41, 5.74) is 9.41. The van der Waals surface area contributed by atoms with E-state index in [2.05, 4.69) is 42.6 Å². The number of carboxylic acid groups (broad SMARTS) is 1. The monoisotopic (exact) mass is 548 g/mol. The zero-order chi connectivity index (χ0) is 30.4. The van der Waals surface area contributed by atoms with Crippen LogP contribution < -0.4 is 11.1 Å². The number of carboxylic acids is 1. The van der Waals surface area contributed by atoms with Crippen LogP contribution in [0, 0.1) is 18.3 Å². The molecular weight excluding hydrogens is 498 g/mol. The van der Waals surface area contributed by atoms with Gasteiger partial charge in [0.15, 0.2) is 0 Å². The topological polar surface area (TPSA) is 91.5 Å². The molecule has 0 radical (unpaired) electrons. The Morgan fingerprint density at radius 3 is 2.28 bits per heavy atom. The quantitative estimate of drug-likeness (QED) is 0.280. The first-order valence-corrected chi connectivity index (χ1v) is 13.6. The third-order valence-corrected chi connectivity index (χ3v) is 6.46. The van der Waals surface area contributed by atoms with Crippen molar-refractivity contribution < 1.29 is 18.7 Å². The average molecular weight is 549 g/mol. The molecule has 1 aliphatic heterocycles. The summed E-state index contributed by atoms with van der Waals surface area (Å²) in [4.78, 5) is 16.6. The molecule has 1 aliphatic rings. The molecule has 0 aliphatic carbocycles. The summed E-state index contributed by atoms with van der Waals surface area (Å²) in [5, 5.41) is 11.6. The number of likely N-dealkylation sites (tertiary alicyclic amines) is 1. The van der Waals surface area contributed by atoms with Crippen molar-refractivity contribution in [2.24, 2.45) is 17.1 Å². The number of pyridine rings is 1. The summed E-state index contributed by atoms with van der Waals surface area (Å²) in [5.74, 6) is -3.92. The number of aromatic carboxylic acids is 1. The normalized spacial score (nSPS) is 16.6. The molecular formula is C31H50F2N4O2. The number of nitrogens with two attached hydrogens (primary N) is 1. The van der Waals surface area contributed by atoms with Gasteiger partial charge < -0.3 is 21.1 Å². The number of alkyl halides is 2. The lowest BCUT2D eigenvalue weighted by atomic mass is 9.82. The molecule has 0 saturated carbocycles. The summed E-state index contributed by atoms with van der Waals surface area (Å²) < 4.78 is 27.0. The molecule has 0 aromatic carbocycles. The third-order valence-electron chi connectivity index (χ3n) is 6.46. The molecule has 4 N–H and O–H groups in total. The molecule has 1 unspecified atom stereocenters. The van der Waals surface area contributed by atoms with E-state index in [1.807, 2.05) is 33.8 Å². The van der Waals surface area contributed by atoms with Crippen molar-refractivity contribution in [3.8, 4) is 0 Å². The van der Waals surface area contributed by atoms with Gasteiger partial charge in [0, 0.05) is 43.8 Å². The van der Waals surface area contributed by atoms with Crippen molar-refractivity contribution >= 4 is 5.97 Å². The maximum absolute atomic E-state index is 13.5. The number of nitrogens with one attached hydrogen (secondary N) is 1. The highest BCUT2D eigenvalue weighted by Gasteiger charge is 2.34. The Kier molecular flexibility index (Phi) is 15.6. The Hall–Kier alpha value is -3.00. The lowest BCUT2D eigenvalue weighted by Crippen LogP contribution is -2.41. The van der Waals surface area contributed by atoms with Gasteiger partial charge in [0.05, 0.1) is 17.3 Å². The van der Waals surface area contributed by atoms with Crippen LogP contribution in [-0.2, 0) is 0 Å². The number of rotatable bonds is 9. The minimum absolute atomic E-state index is 0.0517. The molecule has 220 valence electrons. The van der Waals surface area contributed by atoms with Crippen LogP contribution >= 0.6 is 0 Å². The fraction of sp³-hybridized carbons (Fsp3) is 0.548. The van der Waals surface area contributed by atoms with Crippen LogP contribution in [0.4, 0.5) is 8.78 Å². The van der Waals surface area contributed by atoms with Gasteiger partial charge in [-0.3, -0.25) is 4.98 Å².